The number of anilines is 1. The van der Waals surface area contributed by atoms with Crippen molar-refractivity contribution in [3.63, 3.8) is 0 Å². The summed E-state index contributed by atoms with van der Waals surface area (Å²) >= 11 is 0. The van der Waals surface area contributed by atoms with Crippen molar-refractivity contribution >= 4 is 17.9 Å². The molecule has 0 saturated heterocycles. The highest BCUT2D eigenvalue weighted by Crippen LogP contribution is 2.29. The van der Waals surface area contributed by atoms with Crippen LogP contribution in [0.1, 0.15) is 38.8 Å². The summed E-state index contributed by atoms with van der Waals surface area (Å²) in [7, 11) is 0. The second kappa shape index (κ2) is 6.69. The number of aryl methyl sites for hydroxylation is 2. The van der Waals surface area contributed by atoms with Gasteiger partial charge in [0.1, 0.15) is 11.2 Å². The van der Waals surface area contributed by atoms with Crippen LogP contribution in [-0.4, -0.2) is 38.1 Å². The minimum Gasteiger partial charge on any atom is -0.481 e. The number of hydrogen-bond donors (Lipinski definition) is 2. The molecule has 0 aromatic carbocycles. The zero-order chi connectivity index (χ0) is 17.9. The number of carboxylic acid groups (broad SMARTS) is 1. The molecule has 10 heteroatoms. The van der Waals surface area contributed by atoms with Crippen LogP contribution in [0, 0.1) is 6.92 Å². The molecule has 2 heterocycles. The molecule has 0 atom stereocenters. The van der Waals surface area contributed by atoms with Crippen LogP contribution in [0.25, 0.3) is 11.4 Å². The summed E-state index contributed by atoms with van der Waals surface area (Å²) in [5.41, 5.74) is 0.105. The third kappa shape index (κ3) is 4.54. The first-order valence-electron chi connectivity index (χ1n) is 7.17. The lowest BCUT2D eigenvalue weighted by Crippen LogP contribution is -2.27. The summed E-state index contributed by atoms with van der Waals surface area (Å²) in [6.07, 6.45) is -0.746. The van der Waals surface area contributed by atoms with E-state index in [1.165, 1.54) is 0 Å². The van der Waals surface area contributed by atoms with Crippen molar-refractivity contribution in [3.05, 3.63) is 11.6 Å². The van der Waals surface area contributed by atoms with Crippen LogP contribution < -0.4 is 5.32 Å². The molecule has 1 amide bonds. The van der Waals surface area contributed by atoms with E-state index in [1.54, 1.807) is 27.7 Å². The monoisotopic (exact) mass is 338 g/mol. The van der Waals surface area contributed by atoms with Crippen LogP contribution in [-0.2, 0) is 16.0 Å². The fraction of sp³-hybridized carbons (Fsp3) is 0.500. The first-order chi connectivity index (χ1) is 11.2. The van der Waals surface area contributed by atoms with Crippen molar-refractivity contribution in [1.29, 1.82) is 0 Å². The number of ether oxygens (including phenoxy) is 1. The predicted molar refractivity (Wildman–Crippen MR) is 80.3 cm³/mol. The summed E-state index contributed by atoms with van der Waals surface area (Å²) < 4.78 is 15.2. The normalized spacial score (nSPS) is 11.3. The third-order valence-electron chi connectivity index (χ3n) is 2.72. The van der Waals surface area contributed by atoms with Crippen molar-refractivity contribution in [2.45, 2.75) is 46.1 Å². The maximum atomic E-state index is 11.9. The van der Waals surface area contributed by atoms with Crippen molar-refractivity contribution in [2.75, 3.05) is 5.32 Å². The maximum absolute atomic E-state index is 11.9. The number of nitrogens with zero attached hydrogens (tertiary/aromatic N) is 3. The Morgan fingerprint density at radius 1 is 1.25 bits per heavy atom. The molecule has 0 aliphatic carbocycles. The lowest BCUT2D eigenvalue weighted by molar-refractivity contribution is -0.137. The highest BCUT2D eigenvalue weighted by atomic mass is 16.6. The highest BCUT2D eigenvalue weighted by Gasteiger charge is 2.24. The molecular weight excluding hydrogens is 320 g/mol. The molecule has 0 aliphatic heterocycles. The number of carbonyl (C=O) groups excluding carboxylic acids is 1. The number of rotatable bonds is 5. The molecule has 130 valence electrons. The van der Waals surface area contributed by atoms with Crippen molar-refractivity contribution in [3.8, 4) is 11.4 Å². The summed E-state index contributed by atoms with van der Waals surface area (Å²) in [6, 6.07) is 0. The quantitative estimate of drug-likeness (QED) is 0.840. The number of amides is 1. The largest absolute Gasteiger partial charge is 0.481 e. The Bertz CT molecular complexity index is 743. The van der Waals surface area contributed by atoms with Gasteiger partial charge in [-0.2, -0.15) is 4.98 Å². The molecule has 0 bridgehead atoms. The van der Waals surface area contributed by atoms with Gasteiger partial charge in [-0.25, -0.2) is 4.79 Å². The van der Waals surface area contributed by atoms with Crippen LogP contribution in [0.5, 0.6) is 0 Å². The molecule has 0 aliphatic rings. The van der Waals surface area contributed by atoms with E-state index < -0.39 is 17.7 Å². The van der Waals surface area contributed by atoms with Gasteiger partial charge in [-0.3, -0.25) is 10.1 Å². The van der Waals surface area contributed by atoms with Gasteiger partial charge in [-0.05, 0) is 27.7 Å². The molecule has 0 fully saturated rings. The molecule has 0 saturated carbocycles. The summed E-state index contributed by atoms with van der Waals surface area (Å²) in [5, 5.41) is 18.6. The zero-order valence-corrected chi connectivity index (χ0v) is 13.7. The number of carbonyl (C=O) groups is 2. The van der Waals surface area contributed by atoms with Gasteiger partial charge >= 0.3 is 12.1 Å². The van der Waals surface area contributed by atoms with Crippen LogP contribution >= 0.6 is 0 Å². The Labute approximate surface area is 137 Å². The Kier molecular flexibility index (Phi) is 4.86. The van der Waals surface area contributed by atoms with E-state index in [0.29, 0.717) is 11.3 Å². The number of nitrogens with one attached hydrogen (secondary N) is 1. The Balaban J connectivity index is 2.18. The molecule has 2 rings (SSSR count). The van der Waals surface area contributed by atoms with Crippen LogP contribution in [0.4, 0.5) is 10.7 Å². The fourth-order valence-corrected chi connectivity index (χ4v) is 1.79. The van der Waals surface area contributed by atoms with E-state index in [2.05, 4.69) is 20.6 Å². The predicted octanol–water partition coefficient (Wildman–Crippen LogP) is 2.40. The van der Waals surface area contributed by atoms with E-state index in [4.69, 9.17) is 18.9 Å². The molecule has 10 nitrogen and oxygen atoms in total. The topological polar surface area (TPSA) is 141 Å². The first-order valence-corrected chi connectivity index (χ1v) is 7.17. The third-order valence-corrected chi connectivity index (χ3v) is 2.72. The second-order valence-electron chi connectivity index (χ2n) is 6.00. The highest BCUT2D eigenvalue weighted by molar-refractivity contribution is 5.88. The average molecular weight is 338 g/mol. The van der Waals surface area contributed by atoms with E-state index in [0.717, 1.165) is 0 Å². The SMILES string of the molecule is Cc1noc(NC(=O)OC(C)(C)C)c1-c1noc(CCC(=O)O)n1. The number of carboxylic acids is 1. The lowest BCUT2D eigenvalue weighted by Gasteiger charge is -2.19. The van der Waals surface area contributed by atoms with Gasteiger partial charge in [0.2, 0.25) is 17.6 Å². The molecule has 2 aromatic heterocycles. The number of aliphatic carboxylic acids is 1. The van der Waals surface area contributed by atoms with Crippen molar-refractivity contribution in [2.24, 2.45) is 0 Å². The number of aromatic nitrogens is 3. The summed E-state index contributed by atoms with van der Waals surface area (Å²) in [6.45, 7) is 6.83. The maximum Gasteiger partial charge on any atom is 0.414 e. The smallest absolute Gasteiger partial charge is 0.414 e. The molecule has 0 radical (unpaired) electrons. The van der Waals surface area contributed by atoms with E-state index in [-0.39, 0.29) is 30.4 Å². The molecule has 2 N–H and O–H groups in total. The Morgan fingerprint density at radius 3 is 2.58 bits per heavy atom. The molecule has 2 aromatic rings. The summed E-state index contributed by atoms with van der Waals surface area (Å²) in [5.74, 6) is -0.646. The van der Waals surface area contributed by atoms with E-state index in [9.17, 15) is 9.59 Å². The van der Waals surface area contributed by atoms with Gasteiger partial charge < -0.3 is 18.9 Å². The van der Waals surface area contributed by atoms with Gasteiger partial charge in [-0.1, -0.05) is 10.3 Å². The second-order valence-corrected chi connectivity index (χ2v) is 6.00. The molecule has 0 unspecified atom stereocenters. The van der Waals surface area contributed by atoms with Crippen molar-refractivity contribution in [1.82, 2.24) is 15.3 Å². The van der Waals surface area contributed by atoms with Gasteiger partial charge in [0.15, 0.2) is 0 Å². The number of hydrogen-bond acceptors (Lipinski definition) is 8. The summed E-state index contributed by atoms with van der Waals surface area (Å²) in [4.78, 5) is 26.5. The van der Waals surface area contributed by atoms with Gasteiger partial charge in [-0.15, -0.1) is 0 Å². The van der Waals surface area contributed by atoms with Crippen LogP contribution in [0.15, 0.2) is 9.05 Å². The van der Waals surface area contributed by atoms with Gasteiger partial charge in [0.05, 0.1) is 12.1 Å². The van der Waals surface area contributed by atoms with Crippen LogP contribution in [0.3, 0.4) is 0 Å². The lowest BCUT2D eigenvalue weighted by atomic mass is 10.2. The van der Waals surface area contributed by atoms with Crippen LogP contribution in [0.2, 0.25) is 0 Å². The van der Waals surface area contributed by atoms with Gasteiger partial charge in [0, 0.05) is 6.42 Å². The molecule has 0 spiro atoms. The minimum absolute atomic E-state index is 0.0207. The standard InChI is InChI=1S/C14H18N4O6/c1-7-10(11-15-8(23-18-11)5-6-9(19)20)12(24-17-7)16-13(21)22-14(2,3)4/h5-6H2,1-4H3,(H,16,21)(H,19,20). The fourth-order valence-electron chi connectivity index (χ4n) is 1.79. The van der Waals surface area contributed by atoms with Gasteiger partial charge in [0.25, 0.3) is 0 Å². The first kappa shape index (κ1) is 17.4. The minimum atomic E-state index is -0.969. The Hall–Kier alpha value is -2.91. The van der Waals surface area contributed by atoms with E-state index in [1.807, 2.05) is 0 Å². The van der Waals surface area contributed by atoms with Crippen molar-refractivity contribution < 1.29 is 28.5 Å². The zero-order valence-electron chi connectivity index (χ0n) is 13.7. The van der Waals surface area contributed by atoms with E-state index >= 15 is 0 Å². The molecular formula is C14H18N4O6. The average Bonchev–Trinajstić information content (AvgIpc) is 3.01. The molecule has 24 heavy (non-hydrogen) atoms. The Morgan fingerprint density at radius 2 is 1.96 bits per heavy atom.